The molecular formula is C12H11NO4. The zero-order valence-corrected chi connectivity index (χ0v) is 9.09. The van der Waals surface area contributed by atoms with Crippen LogP contribution in [-0.4, -0.2) is 23.6 Å². The van der Waals surface area contributed by atoms with Crippen molar-refractivity contribution in [3.63, 3.8) is 0 Å². The van der Waals surface area contributed by atoms with Gasteiger partial charge in [-0.15, -0.1) is 0 Å². The van der Waals surface area contributed by atoms with Crippen LogP contribution in [0, 0.1) is 29.1 Å². The van der Waals surface area contributed by atoms with Crippen molar-refractivity contribution in [2.75, 3.05) is 0 Å². The molecule has 1 heterocycles. The van der Waals surface area contributed by atoms with Crippen molar-refractivity contribution in [1.82, 2.24) is 0 Å². The Kier molecular flexibility index (Phi) is 1.88. The zero-order valence-electron chi connectivity index (χ0n) is 9.09. The molecule has 0 aromatic heterocycles. The van der Waals surface area contributed by atoms with Crippen LogP contribution >= 0.6 is 0 Å². The summed E-state index contributed by atoms with van der Waals surface area (Å²) >= 11 is 0. The highest BCUT2D eigenvalue weighted by Crippen LogP contribution is 2.61. The number of esters is 2. The third-order valence-corrected chi connectivity index (χ3v) is 4.14. The molecule has 0 aromatic carbocycles. The first-order valence-corrected chi connectivity index (χ1v) is 5.57. The van der Waals surface area contributed by atoms with Gasteiger partial charge in [0.2, 0.25) is 0 Å². The van der Waals surface area contributed by atoms with Gasteiger partial charge < -0.3 is 9.47 Å². The second-order valence-corrected chi connectivity index (χ2v) is 4.87. The van der Waals surface area contributed by atoms with Gasteiger partial charge in [0, 0.05) is 18.4 Å². The molecule has 1 saturated heterocycles. The van der Waals surface area contributed by atoms with Gasteiger partial charge in [-0.1, -0.05) is 6.58 Å². The lowest BCUT2D eigenvalue weighted by atomic mass is 9.78. The van der Waals surface area contributed by atoms with Crippen molar-refractivity contribution >= 4 is 11.9 Å². The van der Waals surface area contributed by atoms with Gasteiger partial charge in [0.1, 0.15) is 11.7 Å². The van der Waals surface area contributed by atoms with Gasteiger partial charge >= 0.3 is 11.9 Å². The van der Waals surface area contributed by atoms with Crippen LogP contribution in [0.2, 0.25) is 0 Å². The Morgan fingerprint density at radius 1 is 1.65 bits per heavy atom. The summed E-state index contributed by atoms with van der Waals surface area (Å²) in [5, 5.41) is 9.20. The van der Waals surface area contributed by atoms with Crippen LogP contribution in [0.15, 0.2) is 12.7 Å². The second kappa shape index (κ2) is 3.10. The number of rotatable bonds is 2. The summed E-state index contributed by atoms with van der Waals surface area (Å²) in [6.07, 6.45) is 1.89. The van der Waals surface area contributed by atoms with Gasteiger partial charge in [0.25, 0.3) is 0 Å². The van der Waals surface area contributed by atoms with E-state index in [-0.39, 0.29) is 18.0 Å². The summed E-state index contributed by atoms with van der Waals surface area (Å²) < 4.78 is 10.6. The summed E-state index contributed by atoms with van der Waals surface area (Å²) in [7, 11) is 0. The first kappa shape index (κ1) is 10.3. The molecule has 5 atom stereocenters. The van der Waals surface area contributed by atoms with E-state index in [1.54, 1.807) is 0 Å². The maximum absolute atomic E-state index is 11.6. The van der Waals surface area contributed by atoms with Gasteiger partial charge in [-0.25, -0.2) is 4.79 Å². The molecular weight excluding hydrogens is 222 g/mol. The predicted molar refractivity (Wildman–Crippen MR) is 54.2 cm³/mol. The second-order valence-electron chi connectivity index (χ2n) is 4.87. The maximum atomic E-state index is 11.6. The van der Waals surface area contributed by atoms with Gasteiger partial charge in [-0.3, -0.25) is 4.79 Å². The van der Waals surface area contributed by atoms with Gasteiger partial charge in [0.15, 0.2) is 0 Å². The Balaban J connectivity index is 1.97. The summed E-state index contributed by atoms with van der Waals surface area (Å²) in [4.78, 5) is 23.0. The summed E-state index contributed by atoms with van der Waals surface area (Å²) in [5.74, 6) is -1.83. The number of hydrogen-bond donors (Lipinski definition) is 0. The van der Waals surface area contributed by atoms with E-state index in [2.05, 4.69) is 12.6 Å². The molecule has 2 bridgehead atoms. The predicted octanol–water partition coefficient (Wildman–Crippen LogP) is 0.559. The van der Waals surface area contributed by atoms with Gasteiger partial charge in [-0.2, -0.15) is 5.26 Å². The summed E-state index contributed by atoms with van der Waals surface area (Å²) in [6, 6.07) is 2.11. The number of ether oxygens (including phenoxy) is 2. The standard InChI is InChI=1S/C12H11NO4/c1-2-9(14)17-12-3-6-8(4-12)16-11(15)10(6)7(12)5-13/h2,6-8,10H,1,3-4H2. The van der Waals surface area contributed by atoms with Crippen molar-refractivity contribution in [3.05, 3.63) is 12.7 Å². The number of fused-ring (bicyclic) bond motifs is 1. The fourth-order valence-electron chi connectivity index (χ4n) is 3.55. The number of carbonyl (C=O) groups is 2. The molecule has 3 fully saturated rings. The number of carbonyl (C=O) groups excluding carboxylic acids is 2. The minimum atomic E-state index is -0.841. The molecule has 0 spiro atoms. The Bertz CT molecular complexity index is 462. The molecule has 2 aliphatic carbocycles. The molecule has 0 aromatic rings. The van der Waals surface area contributed by atoms with E-state index in [1.165, 1.54) is 0 Å². The van der Waals surface area contributed by atoms with E-state index in [0.29, 0.717) is 12.8 Å². The largest absolute Gasteiger partial charge is 0.462 e. The topological polar surface area (TPSA) is 76.4 Å². The van der Waals surface area contributed by atoms with Crippen LogP contribution < -0.4 is 0 Å². The fourth-order valence-corrected chi connectivity index (χ4v) is 3.55. The molecule has 1 aliphatic heterocycles. The minimum absolute atomic E-state index is 0.0322. The van der Waals surface area contributed by atoms with Crippen molar-refractivity contribution in [2.45, 2.75) is 24.5 Å². The average Bonchev–Trinajstić information content (AvgIpc) is 2.84. The van der Waals surface area contributed by atoms with Crippen molar-refractivity contribution in [1.29, 1.82) is 5.26 Å². The molecule has 5 unspecified atom stereocenters. The quantitative estimate of drug-likeness (QED) is 0.514. The highest BCUT2D eigenvalue weighted by molar-refractivity contribution is 5.83. The van der Waals surface area contributed by atoms with Crippen molar-refractivity contribution in [3.8, 4) is 6.07 Å². The van der Waals surface area contributed by atoms with Crippen molar-refractivity contribution in [2.24, 2.45) is 17.8 Å². The van der Waals surface area contributed by atoms with E-state index in [4.69, 9.17) is 9.47 Å². The monoisotopic (exact) mass is 233 g/mol. The molecule has 5 nitrogen and oxygen atoms in total. The molecule has 88 valence electrons. The van der Waals surface area contributed by atoms with Crippen LogP contribution in [-0.2, 0) is 19.1 Å². The molecule has 3 rings (SSSR count). The molecule has 3 aliphatic rings. The third kappa shape index (κ3) is 1.13. The Hall–Kier alpha value is -1.83. The lowest BCUT2D eigenvalue weighted by Crippen LogP contribution is -2.41. The van der Waals surface area contributed by atoms with Gasteiger partial charge in [-0.05, 0) is 6.42 Å². The smallest absolute Gasteiger partial charge is 0.330 e. The molecule has 0 radical (unpaired) electrons. The van der Waals surface area contributed by atoms with E-state index < -0.39 is 23.4 Å². The number of hydrogen-bond acceptors (Lipinski definition) is 5. The summed E-state index contributed by atoms with van der Waals surface area (Å²) in [6.45, 7) is 3.35. The Morgan fingerprint density at radius 2 is 2.41 bits per heavy atom. The van der Waals surface area contributed by atoms with E-state index in [1.807, 2.05) is 0 Å². The first-order valence-electron chi connectivity index (χ1n) is 5.57. The molecule has 17 heavy (non-hydrogen) atoms. The van der Waals surface area contributed by atoms with E-state index >= 15 is 0 Å². The SMILES string of the molecule is C=CC(=O)OC12CC3OC(=O)C(C3C1)C2C#N. The fraction of sp³-hybridized carbons (Fsp3) is 0.583. The number of nitriles is 1. The van der Waals surface area contributed by atoms with Crippen LogP contribution in [0.1, 0.15) is 12.8 Å². The molecule has 0 N–H and O–H groups in total. The minimum Gasteiger partial charge on any atom is -0.462 e. The van der Waals surface area contributed by atoms with E-state index in [0.717, 1.165) is 6.08 Å². The van der Waals surface area contributed by atoms with Crippen LogP contribution in [0.25, 0.3) is 0 Å². The molecule has 0 amide bonds. The highest BCUT2D eigenvalue weighted by atomic mass is 16.6. The molecule has 5 heteroatoms. The third-order valence-electron chi connectivity index (χ3n) is 4.14. The average molecular weight is 233 g/mol. The van der Waals surface area contributed by atoms with Crippen molar-refractivity contribution < 1.29 is 19.1 Å². The normalized spacial score (nSPS) is 45.2. The van der Waals surface area contributed by atoms with E-state index in [9.17, 15) is 14.9 Å². The summed E-state index contributed by atoms with van der Waals surface area (Å²) in [5.41, 5.74) is -0.841. The lowest BCUT2D eigenvalue weighted by Gasteiger charge is -2.30. The zero-order chi connectivity index (χ0) is 12.2. The van der Waals surface area contributed by atoms with Crippen LogP contribution in [0.4, 0.5) is 0 Å². The Morgan fingerprint density at radius 3 is 3.06 bits per heavy atom. The van der Waals surface area contributed by atoms with Gasteiger partial charge in [0.05, 0.1) is 17.9 Å². The molecule has 2 saturated carbocycles. The lowest BCUT2D eigenvalue weighted by molar-refractivity contribution is -0.156. The van der Waals surface area contributed by atoms with Crippen LogP contribution in [0.3, 0.4) is 0 Å². The number of nitrogens with zero attached hydrogens (tertiary/aromatic N) is 1. The first-order chi connectivity index (χ1) is 8.11. The Labute approximate surface area is 98.0 Å². The highest BCUT2D eigenvalue weighted by Gasteiger charge is 2.71. The van der Waals surface area contributed by atoms with Crippen LogP contribution in [0.5, 0.6) is 0 Å². The maximum Gasteiger partial charge on any atom is 0.330 e.